The van der Waals surface area contributed by atoms with E-state index in [9.17, 15) is 23.3 Å². The number of benzene rings is 1. The molecule has 1 aromatic carbocycles. The van der Waals surface area contributed by atoms with Gasteiger partial charge in [0.15, 0.2) is 0 Å². The molecule has 0 bridgehead atoms. The summed E-state index contributed by atoms with van der Waals surface area (Å²) >= 11 is 0. The first-order valence-corrected chi connectivity index (χ1v) is 8.10. The molecular formula is C13H16N2O6S. The lowest BCUT2D eigenvalue weighted by Gasteiger charge is -2.22. The second-order valence-electron chi connectivity index (χ2n) is 5.27. The molecule has 0 spiro atoms. The summed E-state index contributed by atoms with van der Waals surface area (Å²) in [6, 6.07) is 1.32. The minimum atomic E-state index is -4.09. The van der Waals surface area contributed by atoms with Crippen molar-refractivity contribution in [2.75, 3.05) is 6.54 Å². The normalized spacial score (nSPS) is 19.3. The van der Waals surface area contributed by atoms with Gasteiger partial charge in [-0.3, -0.25) is 14.9 Å². The van der Waals surface area contributed by atoms with Gasteiger partial charge in [-0.05, 0) is 38.3 Å². The van der Waals surface area contributed by atoms with Gasteiger partial charge in [-0.1, -0.05) is 0 Å². The molecule has 120 valence electrons. The number of nitro benzene ring substituents is 1. The molecule has 1 aromatic rings. The summed E-state index contributed by atoms with van der Waals surface area (Å²) in [5.41, 5.74) is 0.423. The van der Waals surface area contributed by atoms with Crippen molar-refractivity contribution in [3.8, 4) is 0 Å². The quantitative estimate of drug-likeness (QED) is 0.660. The van der Waals surface area contributed by atoms with E-state index in [-0.39, 0.29) is 23.5 Å². The molecule has 0 saturated carbocycles. The Morgan fingerprint density at radius 2 is 2.00 bits per heavy atom. The van der Waals surface area contributed by atoms with Crippen LogP contribution in [-0.2, 0) is 14.8 Å². The SMILES string of the molecule is Cc1cc(C)c(S(=O)(=O)N2CCC[C@@H]2C(=O)O)cc1[N+](=O)[O-]. The van der Waals surface area contributed by atoms with Gasteiger partial charge in [-0.2, -0.15) is 4.31 Å². The first-order chi connectivity index (χ1) is 10.2. The van der Waals surface area contributed by atoms with Crippen LogP contribution in [0.2, 0.25) is 0 Å². The van der Waals surface area contributed by atoms with Crippen LogP contribution in [0.1, 0.15) is 24.0 Å². The Labute approximate surface area is 127 Å². The van der Waals surface area contributed by atoms with Gasteiger partial charge in [0.05, 0.1) is 9.82 Å². The minimum Gasteiger partial charge on any atom is -0.480 e. The summed E-state index contributed by atoms with van der Waals surface area (Å²) in [6.45, 7) is 3.16. The Kier molecular flexibility index (Phi) is 4.21. The molecule has 1 aliphatic rings. The first kappa shape index (κ1) is 16.4. The highest BCUT2D eigenvalue weighted by Crippen LogP contribution is 2.31. The van der Waals surface area contributed by atoms with Crippen molar-refractivity contribution < 1.29 is 23.2 Å². The molecule has 1 heterocycles. The maximum atomic E-state index is 12.7. The molecule has 1 atom stereocenters. The molecule has 1 saturated heterocycles. The van der Waals surface area contributed by atoms with Crippen molar-refractivity contribution in [3.05, 3.63) is 33.4 Å². The third kappa shape index (κ3) is 2.69. The number of aryl methyl sites for hydroxylation is 2. The first-order valence-electron chi connectivity index (χ1n) is 6.66. The molecule has 1 aliphatic heterocycles. The molecule has 0 amide bonds. The average molecular weight is 328 g/mol. The fourth-order valence-corrected chi connectivity index (χ4v) is 4.58. The third-order valence-corrected chi connectivity index (χ3v) is 5.82. The number of hydrogen-bond donors (Lipinski definition) is 1. The highest BCUT2D eigenvalue weighted by Gasteiger charge is 2.40. The molecule has 1 N–H and O–H groups in total. The summed E-state index contributed by atoms with van der Waals surface area (Å²) in [5.74, 6) is -1.21. The highest BCUT2D eigenvalue weighted by atomic mass is 32.2. The Morgan fingerprint density at radius 1 is 1.36 bits per heavy atom. The summed E-state index contributed by atoms with van der Waals surface area (Å²) in [7, 11) is -4.09. The molecule has 1 fully saturated rings. The van der Waals surface area contributed by atoms with Gasteiger partial charge in [0.2, 0.25) is 10.0 Å². The van der Waals surface area contributed by atoms with E-state index in [0.717, 1.165) is 10.4 Å². The topological polar surface area (TPSA) is 118 Å². The molecule has 2 rings (SSSR count). The number of carbonyl (C=O) groups is 1. The molecule has 0 radical (unpaired) electrons. The van der Waals surface area contributed by atoms with Crippen LogP contribution in [0.15, 0.2) is 17.0 Å². The van der Waals surface area contributed by atoms with E-state index < -0.39 is 27.0 Å². The van der Waals surface area contributed by atoms with E-state index >= 15 is 0 Å². The van der Waals surface area contributed by atoms with Crippen LogP contribution in [-0.4, -0.2) is 41.3 Å². The van der Waals surface area contributed by atoms with Gasteiger partial charge in [0.1, 0.15) is 6.04 Å². The van der Waals surface area contributed by atoms with Crippen LogP contribution in [0.25, 0.3) is 0 Å². The second kappa shape index (κ2) is 5.65. The monoisotopic (exact) mass is 328 g/mol. The summed E-state index contributed by atoms with van der Waals surface area (Å²) < 4.78 is 26.3. The molecule has 0 aliphatic carbocycles. The lowest BCUT2D eigenvalue weighted by atomic mass is 10.1. The number of rotatable bonds is 4. The Balaban J connectivity index is 2.57. The van der Waals surface area contributed by atoms with Crippen LogP contribution in [0, 0.1) is 24.0 Å². The number of hydrogen-bond acceptors (Lipinski definition) is 5. The summed E-state index contributed by atoms with van der Waals surface area (Å²) in [5, 5.41) is 20.1. The number of carboxylic acids is 1. The number of carboxylic acid groups (broad SMARTS) is 1. The standard InChI is InChI=1S/C13H16N2O6S/c1-8-6-9(2)12(7-11(8)15(18)19)22(20,21)14-5-3-4-10(14)13(16)17/h6-7,10H,3-5H2,1-2H3,(H,16,17)/t10-/m1/s1. The molecular weight excluding hydrogens is 312 g/mol. The summed E-state index contributed by atoms with van der Waals surface area (Å²) in [4.78, 5) is 21.3. The maximum Gasteiger partial charge on any atom is 0.322 e. The predicted octanol–water partition coefficient (Wildman–Crippen LogP) is 1.45. The van der Waals surface area contributed by atoms with Crippen molar-refractivity contribution >= 4 is 21.7 Å². The van der Waals surface area contributed by atoms with Crippen LogP contribution < -0.4 is 0 Å². The minimum absolute atomic E-state index is 0.0976. The van der Waals surface area contributed by atoms with E-state index in [1.54, 1.807) is 0 Å². The zero-order valence-corrected chi connectivity index (χ0v) is 13.0. The number of sulfonamides is 1. The van der Waals surface area contributed by atoms with Gasteiger partial charge >= 0.3 is 5.97 Å². The van der Waals surface area contributed by atoms with Crippen LogP contribution in [0.3, 0.4) is 0 Å². The number of nitrogens with zero attached hydrogens (tertiary/aromatic N) is 2. The molecule has 22 heavy (non-hydrogen) atoms. The Bertz CT molecular complexity index is 743. The zero-order valence-electron chi connectivity index (χ0n) is 12.1. The van der Waals surface area contributed by atoms with Crippen molar-refractivity contribution in [2.24, 2.45) is 0 Å². The van der Waals surface area contributed by atoms with E-state index in [4.69, 9.17) is 5.11 Å². The van der Waals surface area contributed by atoms with Crippen LogP contribution in [0.5, 0.6) is 0 Å². The second-order valence-corrected chi connectivity index (χ2v) is 7.13. The van der Waals surface area contributed by atoms with Gasteiger partial charge in [0.25, 0.3) is 5.69 Å². The maximum absolute atomic E-state index is 12.7. The van der Waals surface area contributed by atoms with Crippen molar-refractivity contribution in [3.63, 3.8) is 0 Å². The van der Waals surface area contributed by atoms with Crippen LogP contribution in [0.4, 0.5) is 5.69 Å². The smallest absolute Gasteiger partial charge is 0.322 e. The van der Waals surface area contributed by atoms with E-state index in [2.05, 4.69) is 0 Å². The lowest BCUT2D eigenvalue weighted by Crippen LogP contribution is -2.40. The van der Waals surface area contributed by atoms with Gasteiger partial charge < -0.3 is 5.11 Å². The molecule has 0 aromatic heterocycles. The fraction of sp³-hybridized carbons (Fsp3) is 0.462. The molecule has 9 heteroatoms. The summed E-state index contributed by atoms with van der Waals surface area (Å²) in [6.07, 6.45) is 0.685. The van der Waals surface area contributed by atoms with Crippen molar-refractivity contribution in [2.45, 2.75) is 37.6 Å². The van der Waals surface area contributed by atoms with Crippen LogP contribution >= 0.6 is 0 Å². The van der Waals surface area contributed by atoms with Gasteiger partial charge in [-0.15, -0.1) is 0 Å². The number of aliphatic carboxylic acids is 1. The third-order valence-electron chi connectivity index (χ3n) is 3.77. The number of nitro groups is 1. The van der Waals surface area contributed by atoms with Crippen molar-refractivity contribution in [1.82, 2.24) is 4.31 Å². The van der Waals surface area contributed by atoms with Gasteiger partial charge in [-0.25, -0.2) is 8.42 Å². The Morgan fingerprint density at radius 3 is 2.55 bits per heavy atom. The van der Waals surface area contributed by atoms with E-state index in [0.29, 0.717) is 17.5 Å². The molecule has 0 unspecified atom stereocenters. The highest BCUT2D eigenvalue weighted by molar-refractivity contribution is 7.89. The van der Waals surface area contributed by atoms with E-state index in [1.165, 1.54) is 19.9 Å². The Hall–Kier alpha value is -2.00. The zero-order chi connectivity index (χ0) is 16.7. The van der Waals surface area contributed by atoms with Gasteiger partial charge in [0, 0.05) is 18.2 Å². The predicted molar refractivity (Wildman–Crippen MR) is 77.1 cm³/mol. The fourth-order valence-electron chi connectivity index (χ4n) is 2.70. The largest absolute Gasteiger partial charge is 0.480 e. The van der Waals surface area contributed by atoms with E-state index in [1.807, 2.05) is 0 Å². The van der Waals surface area contributed by atoms with Crippen molar-refractivity contribution in [1.29, 1.82) is 0 Å². The molecule has 8 nitrogen and oxygen atoms in total. The average Bonchev–Trinajstić information content (AvgIpc) is 2.87. The lowest BCUT2D eigenvalue weighted by molar-refractivity contribution is -0.385.